The normalized spacial score (nSPS) is 14.4. The molecule has 128 valence electrons. The number of anilines is 1. The molecule has 1 aliphatic heterocycles. The summed E-state index contributed by atoms with van der Waals surface area (Å²) in [6, 6.07) is 13.9. The molecule has 2 aromatic rings. The number of nitrogens with zero attached hydrogens (tertiary/aromatic N) is 1. The molecule has 0 bridgehead atoms. The highest BCUT2D eigenvalue weighted by atomic mass is 35.5. The van der Waals surface area contributed by atoms with Crippen molar-refractivity contribution in [2.45, 2.75) is 6.92 Å². The summed E-state index contributed by atoms with van der Waals surface area (Å²) in [6.45, 7) is 1.95. The van der Waals surface area contributed by atoms with Gasteiger partial charge in [0.05, 0.1) is 23.3 Å². The number of benzene rings is 2. The van der Waals surface area contributed by atoms with Gasteiger partial charge < -0.3 is 4.74 Å². The largest absolute Gasteiger partial charge is 0.495 e. The molecule has 0 radical (unpaired) electrons. The summed E-state index contributed by atoms with van der Waals surface area (Å²) >= 11 is 7.31. The Morgan fingerprint density at radius 3 is 2.36 bits per heavy atom. The first-order valence-corrected chi connectivity index (χ1v) is 9.09. The second kappa shape index (κ2) is 7.33. The van der Waals surface area contributed by atoms with Crippen LogP contribution in [0.1, 0.15) is 12.5 Å². The summed E-state index contributed by atoms with van der Waals surface area (Å²) in [7, 11) is 1.51. The Morgan fingerprint density at radius 2 is 1.72 bits per heavy atom. The Bertz CT molecular complexity index is 861. The number of hydrogen-bond acceptors (Lipinski definition) is 4. The van der Waals surface area contributed by atoms with Gasteiger partial charge in [-0.3, -0.25) is 9.59 Å². The standard InChI is InChI=1S/C19H16ClNO3S/c1-3-25-17-16(12-8-10-13(20)11-9-12)18(22)21(19(17)23)14-6-4-5-7-15(14)24-2/h4-11H,3H2,1-2H3. The first kappa shape index (κ1) is 17.6. The Morgan fingerprint density at radius 1 is 1.04 bits per heavy atom. The molecule has 25 heavy (non-hydrogen) atoms. The summed E-state index contributed by atoms with van der Waals surface area (Å²) in [6.07, 6.45) is 0. The molecule has 1 aliphatic rings. The van der Waals surface area contributed by atoms with Crippen LogP contribution < -0.4 is 9.64 Å². The van der Waals surface area contributed by atoms with Gasteiger partial charge in [0.15, 0.2) is 0 Å². The quantitative estimate of drug-likeness (QED) is 0.729. The van der Waals surface area contributed by atoms with E-state index in [-0.39, 0.29) is 11.8 Å². The van der Waals surface area contributed by atoms with Crippen LogP contribution in [0.5, 0.6) is 5.75 Å². The number of para-hydroxylation sites is 2. The number of methoxy groups -OCH3 is 1. The van der Waals surface area contributed by atoms with E-state index in [0.717, 1.165) is 0 Å². The zero-order chi connectivity index (χ0) is 18.0. The van der Waals surface area contributed by atoms with Crippen molar-refractivity contribution in [2.24, 2.45) is 0 Å². The fraction of sp³-hybridized carbons (Fsp3) is 0.158. The molecule has 0 unspecified atom stereocenters. The van der Waals surface area contributed by atoms with Gasteiger partial charge in [0.2, 0.25) is 0 Å². The average molecular weight is 374 g/mol. The number of imide groups is 1. The lowest BCUT2D eigenvalue weighted by atomic mass is 10.1. The van der Waals surface area contributed by atoms with Crippen LogP contribution in [0.15, 0.2) is 53.4 Å². The van der Waals surface area contributed by atoms with E-state index in [1.807, 2.05) is 6.92 Å². The van der Waals surface area contributed by atoms with Crippen LogP contribution in [-0.2, 0) is 9.59 Å². The summed E-state index contributed by atoms with van der Waals surface area (Å²) in [5.74, 6) is 0.479. The highest BCUT2D eigenvalue weighted by molar-refractivity contribution is 8.04. The van der Waals surface area contributed by atoms with E-state index in [2.05, 4.69) is 0 Å². The number of amides is 2. The average Bonchev–Trinajstić information content (AvgIpc) is 2.86. The molecule has 0 N–H and O–H groups in total. The summed E-state index contributed by atoms with van der Waals surface area (Å²) in [5.41, 5.74) is 1.52. The van der Waals surface area contributed by atoms with Crippen LogP contribution in [0.25, 0.3) is 5.57 Å². The molecule has 0 spiro atoms. The van der Waals surface area contributed by atoms with E-state index < -0.39 is 0 Å². The topological polar surface area (TPSA) is 46.6 Å². The maximum atomic E-state index is 13.1. The van der Waals surface area contributed by atoms with E-state index in [1.54, 1.807) is 48.5 Å². The number of carbonyl (C=O) groups is 2. The van der Waals surface area contributed by atoms with Crippen molar-refractivity contribution in [1.29, 1.82) is 0 Å². The Balaban J connectivity index is 2.11. The number of hydrogen-bond donors (Lipinski definition) is 0. The zero-order valence-electron chi connectivity index (χ0n) is 13.8. The smallest absolute Gasteiger partial charge is 0.272 e. The lowest BCUT2D eigenvalue weighted by Gasteiger charge is -2.18. The predicted octanol–water partition coefficient (Wildman–Crippen LogP) is 4.39. The molecule has 0 saturated carbocycles. The minimum Gasteiger partial charge on any atom is -0.495 e. The van der Waals surface area contributed by atoms with Crippen molar-refractivity contribution in [1.82, 2.24) is 0 Å². The summed E-state index contributed by atoms with van der Waals surface area (Å²) in [5, 5.41) is 0.576. The highest BCUT2D eigenvalue weighted by Crippen LogP contribution is 2.41. The highest BCUT2D eigenvalue weighted by Gasteiger charge is 2.41. The molecule has 0 aliphatic carbocycles. The number of carbonyl (C=O) groups excluding carboxylic acids is 2. The van der Waals surface area contributed by atoms with Gasteiger partial charge in [0.25, 0.3) is 11.8 Å². The van der Waals surface area contributed by atoms with Crippen LogP contribution in [0.4, 0.5) is 5.69 Å². The van der Waals surface area contributed by atoms with Crippen molar-refractivity contribution in [3.05, 3.63) is 64.0 Å². The monoisotopic (exact) mass is 373 g/mol. The van der Waals surface area contributed by atoms with Crippen molar-refractivity contribution in [2.75, 3.05) is 17.8 Å². The van der Waals surface area contributed by atoms with E-state index in [0.29, 0.717) is 38.3 Å². The molecule has 4 nitrogen and oxygen atoms in total. The van der Waals surface area contributed by atoms with Crippen LogP contribution in [0.3, 0.4) is 0 Å². The molecule has 1 heterocycles. The molecule has 6 heteroatoms. The van der Waals surface area contributed by atoms with Crippen LogP contribution in [-0.4, -0.2) is 24.7 Å². The molecular formula is C19H16ClNO3S. The zero-order valence-corrected chi connectivity index (χ0v) is 15.4. The number of thioether (sulfide) groups is 1. The Kier molecular flexibility index (Phi) is 5.16. The van der Waals surface area contributed by atoms with E-state index in [1.165, 1.54) is 23.8 Å². The van der Waals surface area contributed by atoms with Crippen LogP contribution in [0.2, 0.25) is 5.02 Å². The van der Waals surface area contributed by atoms with Crippen molar-refractivity contribution in [3.63, 3.8) is 0 Å². The number of ether oxygens (including phenoxy) is 1. The molecule has 0 saturated heterocycles. The molecule has 3 rings (SSSR count). The maximum Gasteiger partial charge on any atom is 0.272 e. The van der Waals surface area contributed by atoms with Crippen molar-refractivity contribution >= 4 is 46.4 Å². The molecule has 2 amide bonds. The first-order chi connectivity index (χ1) is 12.1. The fourth-order valence-electron chi connectivity index (χ4n) is 2.69. The second-order valence-corrected chi connectivity index (χ2v) is 6.97. The van der Waals surface area contributed by atoms with Gasteiger partial charge in [-0.05, 0) is 35.6 Å². The summed E-state index contributed by atoms with van der Waals surface area (Å²) in [4.78, 5) is 27.7. The van der Waals surface area contributed by atoms with Crippen molar-refractivity contribution < 1.29 is 14.3 Å². The molecule has 0 fully saturated rings. The van der Waals surface area contributed by atoms with Crippen molar-refractivity contribution in [3.8, 4) is 5.75 Å². The maximum absolute atomic E-state index is 13.1. The third-order valence-electron chi connectivity index (χ3n) is 3.79. The predicted molar refractivity (Wildman–Crippen MR) is 102 cm³/mol. The SMILES string of the molecule is CCSC1=C(c2ccc(Cl)cc2)C(=O)N(c2ccccc2OC)C1=O. The third-order valence-corrected chi connectivity index (χ3v) is 5.00. The minimum atomic E-state index is -0.354. The Hall–Kier alpha value is -2.24. The third kappa shape index (κ3) is 3.17. The van der Waals surface area contributed by atoms with E-state index >= 15 is 0 Å². The molecule has 0 atom stereocenters. The van der Waals surface area contributed by atoms with Gasteiger partial charge in [-0.15, -0.1) is 11.8 Å². The van der Waals surface area contributed by atoms with E-state index in [4.69, 9.17) is 16.3 Å². The molecule has 0 aromatic heterocycles. The van der Waals surface area contributed by atoms with Gasteiger partial charge in [-0.1, -0.05) is 42.8 Å². The lowest BCUT2D eigenvalue weighted by Crippen LogP contribution is -2.31. The van der Waals surface area contributed by atoms with Gasteiger partial charge >= 0.3 is 0 Å². The fourth-order valence-corrected chi connectivity index (χ4v) is 3.67. The lowest BCUT2D eigenvalue weighted by molar-refractivity contribution is -0.119. The van der Waals surface area contributed by atoms with Gasteiger partial charge in [-0.25, -0.2) is 4.90 Å². The van der Waals surface area contributed by atoms with Gasteiger partial charge in [0.1, 0.15) is 5.75 Å². The molecular weight excluding hydrogens is 358 g/mol. The van der Waals surface area contributed by atoms with Crippen LogP contribution in [0, 0.1) is 0 Å². The first-order valence-electron chi connectivity index (χ1n) is 7.73. The summed E-state index contributed by atoms with van der Waals surface area (Å²) < 4.78 is 5.32. The van der Waals surface area contributed by atoms with E-state index in [9.17, 15) is 9.59 Å². The van der Waals surface area contributed by atoms with Crippen LogP contribution >= 0.6 is 23.4 Å². The van der Waals surface area contributed by atoms with Gasteiger partial charge in [-0.2, -0.15) is 0 Å². The second-order valence-electron chi connectivity index (χ2n) is 5.26. The molecule has 2 aromatic carbocycles. The number of rotatable bonds is 5. The minimum absolute atomic E-state index is 0.327. The Labute approximate surface area is 155 Å². The number of halogens is 1. The van der Waals surface area contributed by atoms with Gasteiger partial charge in [0, 0.05) is 5.02 Å².